The minimum atomic E-state index is -0.179. The van der Waals surface area contributed by atoms with Crippen molar-refractivity contribution in [3.63, 3.8) is 0 Å². The lowest BCUT2D eigenvalue weighted by Crippen LogP contribution is -3.00. The van der Waals surface area contributed by atoms with E-state index in [1.807, 2.05) is 18.2 Å². The molecule has 1 fully saturated rings. The highest BCUT2D eigenvalue weighted by molar-refractivity contribution is 6.42. The lowest BCUT2D eigenvalue weighted by Gasteiger charge is -2.40. The van der Waals surface area contributed by atoms with Gasteiger partial charge in [-0.25, -0.2) is 0 Å². The van der Waals surface area contributed by atoms with Crippen molar-refractivity contribution in [2.75, 3.05) is 19.4 Å². The van der Waals surface area contributed by atoms with Crippen molar-refractivity contribution in [2.45, 2.75) is 44.7 Å². The van der Waals surface area contributed by atoms with Crippen LogP contribution in [-0.4, -0.2) is 30.5 Å². The van der Waals surface area contributed by atoms with E-state index in [2.05, 4.69) is 31.5 Å². The summed E-state index contributed by atoms with van der Waals surface area (Å²) >= 11 is 11.9. The predicted molar refractivity (Wildman–Crippen MR) is 123 cm³/mol. The third-order valence-electron chi connectivity index (χ3n) is 5.75. The first-order chi connectivity index (χ1) is 13.8. The molecule has 0 unspecified atom stereocenters. The average molecular weight is 468 g/mol. The third-order valence-corrected chi connectivity index (χ3v) is 6.48. The molecule has 0 bridgehead atoms. The number of carbonyl (C=O) groups is 1. The van der Waals surface area contributed by atoms with Gasteiger partial charge in [-0.15, -0.1) is 0 Å². The summed E-state index contributed by atoms with van der Waals surface area (Å²) in [6.07, 6.45) is 9.95. The van der Waals surface area contributed by atoms with Crippen LogP contribution in [0, 0.1) is 0 Å². The van der Waals surface area contributed by atoms with Gasteiger partial charge < -0.3 is 22.2 Å². The number of benzene rings is 2. The number of carbonyl (C=O) groups excluding carboxylic acids is 1. The van der Waals surface area contributed by atoms with Gasteiger partial charge in [0.15, 0.2) is 0 Å². The second-order valence-corrected chi connectivity index (χ2v) is 9.24. The van der Waals surface area contributed by atoms with Gasteiger partial charge in [-0.1, -0.05) is 47.8 Å². The normalized spacial score (nSPS) is 15.1. The number of anilines is 1. The molecular formula is C24H29Cl3N2O. The summed E-state index contributed by atoms with van der Waals surface area (Å²) in [4.78, 5) is 12.2. The average Bonchev–Trinajstić information content (AvgIpc) is 2.71. The zero-order valence-corrected chi connectivity index (χ0v) is 19.8. The minimum Gasteiger partial charge on any atom is -1.00 e. The molecule has 162 valence electrons. The molecule has 0 radical (unpaired) electrons. The highest BCUT2D eigenvalue weighted by Gasteiger charge is 2.29. The summed E-state index contributed by atoms with van der Waals surface area (Å²) in [6.45, 7) is 1.01. The molecule has 0 heterocycles. The quantitative estimate of drug-likeness (QED) is 0.511. The van der Waals surface area contributed by atoms with Crippen LogP contribution in [0.3, 0.4) is 0 Å². The zero-order valence-electron chi connectivity index (χ0n) is 17.5. The van der Waals surface area contributed by atoms with Crippen LogP contribution >= 0.6 is 23.2 Å². The third kappa shape index (κ3) is 7.02. The standard InChI is InChI=1S/C24H28Cl2N2O.ClH/c1-28(2,21-6-4-3-5-7-21)17-19-8-12-20(13-9-19)27-24(29)15-11-18-10-14-22(25)23(26)16-18;/h8-16,21H,3-7,17H2,1-2H3;1H. The maximum absolute atomic E-state index is 12.2. The molecule has 0 aromatic heterocycles. The van der Waals surface area contributed by atoms with Crippen molar-refractivity contribution in [1.82, 2.24) is 0 Å². The van der Waals surface area contributed by atoms with Crippen LogP contribution in [0.2, 0.25) is 10.0 Å². The molecule has 6 heteroatoms. The molecule has 3 rings (SSSR count). The molecule has 1 aliphatic carbocycles. The highest BCUT2D eigenvalue weighted by Crippen LogP contribution is 2.28. The molecule has 1 amide bonds. The maximum atomic E-state index is 12.2. The summed E-state index contributed by atoms with van der Waals surface area (Å²) in [6, 6.07) is 14.2. The van der Waals surface area contributed by atoms with E-state index in [1.165, 1.54) is 43.7 Å². The summed E-state index contributed by atoms with van der Waals surface area (Å²) in [5.74, 6) is -0.179. The van der Waals surface area contributed by atoms with Crippen molar-refractivity contribution < 1.29 is 21.7 Å². The second-order valence-electron chi connectivity index (χ2n) is 8.42. The van der Waals surface area contributed by atoms with Gasteiger partial charge in [0, 0.05) is 17.3 Å². The Morgan fingerprint density at radius 1 is 1.03 bits per heavy atom. The van der Waals surface area contributed by atoms with Crippen LogP contribution < -0.4 is 17.7 Å². The van der Waals surface area contributed by atoms with Crippen molar-refractivity contribution in [3.8, 4) is 0 Å². The number of rotatable bonds is 6. The highest BCUT2D eigenvalue weighted by atomic mass is 35.5. The van der Waals surface area contributed by atoms with Gasteiger partial charge in [0.2, 0.25) is 5.91 Å². The number of nitrogens with zero attached hydrogens (tertiary/aromatic N) is 1. The lowest BCUT2D eigenvalue weighted by atomic mass is 9.92. The van der Waals surface area contributed by atoms with Crippen molar-refractivity contribution in [1.29, 1.82) is 0 Å². The molecule has 1 aliphatic rings. The molecule has 0 saturated heterocycles. The van der Waals surface area contributed by atoms with Gasteiger partial charge in [-0.3, -0.25) is 4.79 Å². The Morgan fingerprint density at radius 3 is 2.33 bits per heavy atom. The molecule has 2 aromatic carbocycles. The van der Waals surface area contributed by atoms with E-state index in [-0.39, 0.29) is 18.3 Å². The molecule has 0 spiro atoms. The predicted octanol–water partition coefficient (Wildman–Crippen LogP) is 3.56. The molecule has 2 aromatic rings. The number of amides is 1. The van der Waals surface area contributed by atoms with Crippen molar-refractivity contribution in [3.05, 3.63) is 69.7 Å². The van der Waals surface area contributed by atoms with Crippen LogP contribution in [0.25, 0.3) is 6.08 Å². The first kappa shape index (κ1) is 24.7. The van der Waals surface area contributed by atoms with Gasteiger partial charge in [0.1, 0.15) is 6.54 Å². The van der Waals surface area contributed by atoms with Crippen molar-refractivity contribution >= 4 is 40.9 Å². The Labute approximate surface area is 196 Å². The van der Waals surface area contributed by atoms with E-state index in [1.54, 1.807) is 18.2 Å². The van der Waals surface area contributed by atoms with Crippen LogP contribution in [-0.2, 0) is 11.3 Å². The van der Waals surface area contributed by atoms with Gasteiger partial charge in [0.25, 0.3) is 0 Å². The molecule has 30 heavy (non-hydrogen) atoms. The molecular weight excluding hydrogens is 439 g/mol. The van der Waals surface area contributed by atoms with Crippen LogP contribution in [0.15, 0.2) is 48.5 Å². The lowest BCUT2D eigenvalue weighted by molar-refractivity contribution is -0.929. The number of quaternary nitrogens is 1. The van der Waals surface area contributed by atoms with Gasteiger partial charge >= 0.3 is 0 Å². The van der Waals surface area contributed by atoms with E-state index >= 15 is 0 Å². The molecule has 1 N–H and O–H groups in total. The van der Waals surface area contributed by atoms with E-state index < -0.39 is 0 Å². The number of halogens is 3. The van der Waals surface area contributed by atoms with Gasteiger partial charge in [-0.2, -0.15) is 0 Å². The van der Waals surface area contributed by atoms with E-state index in [0.29, 0.717) is 10.0 Å². The molecule has 3 nitrogen and oxygen atoms in total. The smallest absolute Gasteiger partial charge is 0.248 e. The number of hydrogen-bond acceptors (Lipinski definition) is 1. The Balaban J connectivity index is 0.00000320. The number of nitrogens with one attached hydrogen (secondary N) is 1. The Kier molecular flexibility index (Phi) is 9.24. The fourth-order valence-electron chi connectivity index (χ4n) is 4.05. The largest absolute Gasteiger partial charge is 1.00 e. The van der Waals surface area contributed by atoms with Crippen LogP contribution in [0.5, 0.6) is 0 Å². The Morgan fingerprint density at radius 2 is 1.70 bits per heavy atom. The summed E-state index contributed by atoms with van der Waals surface area (Å²) in [5.41, 5.74) is 2.91. The Hall–Kier alpha value is -1.52. The molecule has 1 saturated carbocycles. The maximum Gasteiger partial charge on any atom is 0.248 e. The number of hydrogen-bond donors (Lipinski definition) is 1. The molecule has 0 aliphatic heterocycles. The Bertz CT molecular complexity index is 873. The van der Waals surface area contributed by atoms with Crippen LogP contribution in [0.4, 0.5) is 5.69 Å². The monoisotopic (exact) mass is 466 g/mol. The van der Waals surface area contributed by atoms with E-state index in [0.717, 1.165) is 28.3 Å². The second kappa shape index (κ2) is 11.2. The first-order valence-electron chi connectivity index (χ1n) is 10.2. The minimum absolute atomic E-state index is 0. The fraction of sp³-hybridized carbons (Fsp3) is 0.375. The van der Waals surface area contributed by atoms with Gasteiger partial charge in [-0.05, 0) is 61.6 Å². The topological polar surface area (TPSA) is 29.1 Å². The first-order valence-corrected chi connectivity index (χ1v) is 10.9. The summed E-state index contributed by atoms with van der Waals surface area (Å²) in [5, 5.41) is 3.87. The van der Waals surface area contributed by atoms with Crippen molar-refractivity contribution in [2.24, 2.45) is 0 Å². The fourth-order valence-corrected chi connectivity index (χ4v) is 4.35. The molecule has 0 atom stereocenters. The SMILES string of the molecule is C[N+](C)(Cc1ccc(NC(=O)C=Cc2ccc(Cl)c(Cl)c2)cc1)C1CCCCC1.[Cl-]. The van der Waals surface area contributed by atoms with E-state index in [9.17, 15) is 4.79 Å². The van der Waals surface area contributed by atoms with E-state index in [4.69, 9.17) is 23.2 Å². The zero-order chi connectivity index (χ0) is 20.9. The van der Waals surface area contributed by atoms with Crippen LogP contribution in [0.1, 0.15) is 43.2 Å². The van der Waals surface area contributed by atoms with Gasteiger partial charge in [0.05, 0.1) is 30.2 Å². The summed E-state index contributed by atoms with van der Waals surface area (Å²) in [7, 11) is 4.67. The summed E-state index contributed by atoms with van der Waals surface area (Å²) < 4.78 is 1.03.